The van der Waals surface area contributed by atoms with Gasteiger partial charge in [0.25, 0.3) is 0 Å². The third-order valence-electron chi connectivity index (χ3n) is 3.95. The molecule has 3 radical (unpaired) electrons. The maximum atomic E-state index is 11.7. The molecule has 0 bridgehead atoms. The molecule has 53 heavy (non-hydrogen) atoms. The molecule has 0 aromatic heterocycles. The lowest BCUT2D eigenvalue weighted by molar-refractivity contribution is -0.174. The van der Waals surface area contributed by atoms with Crippen molar-refractivity contribution in [1.29, 1.82) is 0 Å². The molecule has 0 spiro atoms. The van der Waals surface area contributed by atoms with Gasteiger partial charge in [0.1, 0.15) is 5.78 Å². The van der Waals surface area contributed by atoms with Gasteiger partial charge in [0.15, 0.2) is 0 Å². The summed E-state index contributed by atoms with van der Waals surface area (Å²) in [6.45, 7) is 16.8. The Morgan fingerprint density at radius 1 is 0.679 bits per heavy atom. The highest BCUT2D eigenvalue weighted by Crippen LogP contribution is 2.15. The number of nitrogens with two attached hydrogens (primary N) is 3. The van der Waals surface area contributed by atoms with Crippen LogP contribution in [0.5, 0.6) is 0 Å². The molecule has 0 heterocycles. The van der Waals surface area contributed by atoms with Crippen molar-refractivity contribution in [3.05, 3.63) is 0 Å². The quantitative estimate of drug-likeness (QED) is 0.0481. The number of halogens is 7. The molecule has 0 saturated carbocycles. The lowest BCUT2D eigenvalue weighted by Crippen LogP contribution is -2.42. The van der Waals surface area contributed by atoms with Gasteiger partial charge in [-0.3, -0.25) is 14.3 Å². The van der Waals surface area contributed by atoms with Crippen molar-refractivity contribution in [2.75, 3.05) is 33.7 Å². The van der Waals surface area contributed by atoms with E-state index in [-0.39, 0.29) is 49.2 Å². The summed E-state index contributed by atoms with van der Waals surface area (Å²) in [5, 5.41) is 37.0. The van der Waals surface area contributed by atoms with Gasteiger partial charge >= 0.3 is 24.2 Å². The third kappa shape index (κ3) is 106. The number of ketones is 1. The molecule has 0 aromatic carbocycles. The van der Waals surface area contributed by atoms with E-state index >= 15 is 0 Å². The first-order valence-electron chi connectivity index (χ1n) is 14.3. The van der Waals surface area contributed by atoms with Gasteiger partial charge < -0.3 is 53.2 Å². The van der Waals surface area contributed by atoms with E-state index in [2.05, 4.69) is 26.8 Å². The largest absolute Gasteiger partial charge is 0.471 e. The standard InChI is InChI=1S/C7H13F3N2O.C6H11F3N2O.C5H14N2.2C3H7NO.C3H6O.3CH4.B.FH.H3NO.H2/c1-5(3-4-11-2)12-6(13)7(8,9)10;1-4(2-3-10)11-5(12)6(7,8)9;1-5(6)3-4-7-2;2*1-3(2)4-5;1-3(2)4;;;;;;1-2;/h5,11H,3-4H2,1-2H3,(H,12,13);4H,2-3,10H2,1H3,(H,11,12);5,7H,3-4,6H2,1-2H3;2*5H,1-2H3;1-2H3;3*1H4;;1H;2H,1H2;1H/i;;;;;;;;;;;;1+2. The molecule has 13 N–H and O–H groups in total. The number of nitrogens with zero attached hydrogens (tertiary/aromatic N) is 2. The van der Waals surface area contributed by atoms with Crippen LogP contribution in [-0.2, 0) is 14.4 Å². The van der Waals surface area contributed by atoms with Crippen LogP contribution in [0.2, 0.25) is 0 Å². The summed E-state index contributed by atoms with van der Waals surface area (Å²) in [5.74, 6) is -0.125. The van der Waals surface area contributed by atoms with Crippen LogP contribution < -0.4 is 38.6 Å². The van der Waals surface area contributed by atoms with Gasteiger partial charge in [0.05, 0.1) is 11.4 Å². The zero-order valence-electron chi connectivity index (χ0n) is 30.9. The summed E-state index contributed by atoms with van der Waals surface area (Å²) in [5.41, 5.74) is 11.9. The number of oxime groups is 2. The number of amides is 2. The number of hydrogen-bond donors (Lipinski definition) is 10. The lowest BCUT2D eigenvalue weighted by atomic mass is 10.2. The molecule has 0 aromatic rings. The summed E-state index contributed by atoms with van der Waals surface area (Å²) in [4.78, 5) is 30.1. The van der Waals surface area contributed by atoms with E-state index in [4.69, 9.17) is 27.1 Å². The normalized spacial score (nSPS) is 10.4. The van der Waals surface area contributed by atoms with Crippen molar-refractivity contribution in [3.63, 3.8) is 0 Å². The monoisotopic (exact) mass is 805 g/mol. The molecule has 0 saturated heterocycles. The molecule has 0 aliphatic heterocycles. The van der Waals surface area contributed by atoms with E-state index < -0.39 is 36.3 Å². The van der Waals surface area contributed by atoms with Crippen LogP contribution in [0.4, 0.5) is 31.0 Å². The first-order chi connectivity index (χ1) is 21.8. The first-order valence-corrected chi connectivity index (χ1v) is 14.3. The van der Waals surface area contributed by atoms with Gasteiger partial charge in [0.2, 0.25) is 0 Å². The van der Waals surface area contributed by atoms with Crippen LogP contribution in [0, 0.1) is 0 Å². The van der Waals surface area contributed by atoms with Crippen LogP contribution in [0.25, 0.3) is 0 Å². The zero-order valence-corrected chi connectivity index (χ0v) is 30.9. The van der Waals surface area contributed by atoms with Crippen LogP contribution in [-0.4, -0.2) is 117 Å². The Bertz CT molecular complexity index is 810. The average molecular weight is 805 g/mol. The average Bonchev–Trinajstić information content (AvgIpc) is 2.96. The Morgan fingerprint density at radius 2 is 0.906 bits per heavy atom. The minimum absolute atomic E-state index is 0. The van der Waals surface area contributed by atoms with E-state index in [1.54, 1.807) is 40.1 Å². The molecule has 2 amide bonds. The Kier molecular flexibility index (Phi) is 87.2. The second-order valence-corrected chi connectivity index (χ2v) is 10.1. The Hall–Kier alpha value is -3.12. The van der Waals surface area contributed by atoms with E-state index in [1.165, 1.54) is 27.7 Å². The summed E-state index contributed by atoms with van der Waals surface area (Å²) in [7, 11) is 3.63. The molecule has 0 aliphatic carbocycles. The number of rotatable bonds is 10. The zero-order chi connectivity index (χ0) is 40.1. The van der Waals surface area contributed by atoms with Gasteiger partial charge in [-0.1, -0.05) is 32.6 Å². The molecule has 0 aliphatic rings. The second kappa shape index (κ2) is 55.6. The minimum atomic E-state index is -4.80. The summed E-state index contributed by atoms with van der Waals surface area (Å²) >= 11 is 0. The maximum absolute atomic E-state index is 11.7. The number of carbonyl (C=O) groups is 3. The summed E-state index contributed by atoms with van der Waals surface area (Å²) in [6.07, 6.45) is -7.71. The van der Waals surface area contributed by atoms with Gasteiger partial charge in [-0.2, -0.15) is 26.3 Å². The van der Waals surface area contributed by atoms with E-state index in [1.807, 2.05) is 19.3 Å². The molecule has 3 unspecified atom stereocenters. The summed E-state index contributed by atoms with van der Waals surface area (Å²) < 4.78 is 69.9. The van der Waals surface area contributed by atoms with Crippen molar-refractivity contribution >= 4 is 37.4 Å². The fourth-order valence-electron chi connectivity index (χ4n) is 1.74. The number of hydrogen-bond acceptors (Lipinski definition) is 13. The van der Waals surface area contributed by atoms with E-state index in [9.17, 15) is 40.7 Å². The van der Waals surface area contributed by atoms with Crippen LogP contribution in [0.3, 0.4) is 0 Å². The molecule has 15 nitrogen and oxygen atoms in total. The highest BCUT2D eigenvalue weighted by molar-refractivity contribution is 5.82. The lowest BCUT2D eigenvalue weighted by Gasteiger charge is -2.14. The fourth-order valence-corrected chi connectivity index (χ4v) is 1.74. The highest BCUT2D eigenvalue weighted by Gasteiger charge is 2.39. The predicted molar refractivity (Wildman–Crippen MR) is 206 cm³/mol. The van der Waals surface area contributed by atoms with Crippen molar-refractivity contribution in [3.8, 4) is 0 Å². The van der Waals surface area contributed by atoms with Crippen LogP contribution >= 0.6 is 0 Å². The molecular formula is C30H76BF7N9O6. The molecule has 329 valence electrons. The molecule has 3 atom stereocenters. The fraction of sp³-hybridized carbons (Fsp3) is 0.833. The molecular weight excluding hydrogens is 726 g/mol. The van der Waals surface area contributed by atoms with Crippen molar-refractivity contribution in [1.82, 2.24) is 21.3 Å². The number of alkyl halides is 6. The number of Topliss-reactive ketones (excluding diaryl/α,β-unsaturated/α-hetero) is 1. The summed E-state index contributed by atoms with van der Waals surface area (Å²) in [6, 6.07) is -0.668. The van der Waals surface area contributed by atoms with E-state index in [0.29, 0.717) is 36.9 Å². The number of carbonyl (C=O) groups excluding carboxylic acids is 3. The van der Waals surface area contributed by atoms with Crippen molar-refractivity contribution < 1.29 is 62.5 Å². The minimum Gasteiger partial charge on any atom is -0.411 e. The van der Waals surface area contributed by atoms with Crippen molar-refractivity contribution in [2.45, 2.75) is 134 Å². The van der Waals surface area contributed by atoms with Crippen LogP contribution in [0.15, 0.2) is 10.3 Å². The van der Waals surface area contributed by atoms with Gasteiger partial charge in [0, 0.05) is 28.0 Å². The first kappa shape index (κ1) is 83.1. The SMILES string of the molecule is C.C.C.CC(C)=NO.CC(C)=NO.CC(C)=O.CC(CCN)NC(=O)C(F)(F)F.CNCCC(C)N.CNCCC(C)NC(=O)C(F)(F)F.F.NO.[3HH].[B]. The third-order valence-corrected chi connectivity index (χ3v) is 3.95. The Labute approximate surface area is 317 Å². The Morgan fingerprint density at radius 3 is 1.06 bits per heavy atom. The molecule has 0 rings (SSSR count). The van der Waals surface area contributed by atoms with Gasteiger partial charge in [-0.25, -0.2) is 5.90 Å². The second-order valence-electron chi connectivity index (χ2n) is 10.1. The topological polar surface area (TPSA) is 263 Å². The van der Waals surface area contributed by atoms with Crippen LogP contribution in [0.1, 0.15) is 105 Å². The maximum Gasteiger partial charge on any atom is 0.471 e. The smallest absolute Gasteiger partial charge is 0.411 e. The molecule has 23 heteroatoms. The number of nitrogens with one attached hydrogen (secondary N) is 4. The van der Waals surface area contributed by atoms with Gasteiger partial charge in [-0.15, -0.1) is 0 Å². The van der Waals surface area contributed by atoms with Crippen molar-refractivity contribution in [2.24, 2.45) is 27.7 Å². The Balaban J connectivity index is -0.0000000345. The van der Waals surface area contributed by atoms with E-state index in [0.717, 1.165) is 13.0 Å². The molecule has 0 fully saturated rings. The highest BCUT2D eigenvalue weighted by atomic mass is 19.4. The van der Waals surface area contributed by atoms with Gasteiger partial charge in [-0.05, 0) is 115 Å². The predicted octanol–water partition coefficient (Wildman–Crippen LogP) is 4.58.